The summed E-state index contributed by atoms with van der Waals surface area (Å²) in [6.07, 6.45) is 4.24. The molecule has 24 heavy (non-hydrogen) atoms. The van der Waals surface area contributed by atoms with Crippen molar-refractivity contribution in [3.63, 3.8) is 0 Å². The number of nitrogens with zero attached hydrogens (tertiary/aromatic N) is 2. The van der Waals surface area contributed by atoms with Gasteiger partial charge in [-0.1, -0.05) is 23.3 Å². The van der Waals surface area contributed by atoms with E-state index in [9.17, 15) is 0 Å². The third-order valence-electron chi connectivity index (χ3n) is 3.87. The number of aliphatic imine (C=N–C) groups is 1. The van der Waals surface area contributed by atoms with Gasteiger partial charge in [0.1, 0.15) is 12.4 Å². The molecule has 0 bridgehead atoms. The molecule has 0 atom stereocenters. The van der Waals surface area contributed by atoms with Crippen LogP contribution in [0.5, 0.6) is 5.75 Å². The molecule has 5 nitrogen and oxygen atoms in total. The molecule has 0 amide bonds. The minimum absolute atomic E-state index is 0.585. The van der Waals surface area contributed by atoms with Crippen LogP contribution in [-0.4, -0.2) is 57.9 Å². The largest absolute Gasteiger partial charge is 0.492 e. The summed E-state index contributed by atoms with van der Waals surface area (Å²) in [7, 11) is 3.81. The Morgan fingerprint density at radius 2 is 2.17 bits per heavy atom. The number of guanidine groups is 1. The monoisotopic (exact) mass is 351 g/mol. The predicted octanol–water partition coefficient (Wildman–Crippen LogP) is 2.96. The second-order valence-electron chi connectivity index (χ2n) is 5.64. The second-order valence-corrected chi connectivity index (χ2v) is 6.07. The van der Waals surface area contributed by atoms with Gasteiger partial charge in [-0.05, 0) is 37.1 Å². The van der Waals surface area contributed by atoms with Crippen molar-refractivity contribution in [2.75, 3.05) is 47.0 Å². The first kappa shape index (κ1) is 18.6. The highest BCUT2D eigenvalue weighted by Gasteiger charge is 2.07. The van der Waals surface area contributed by atoms with Gasteiger partial charge in [0.15, 0.2) is 5.96 Å². The molecule has 0 saturated heterocycles. The zero-order valence-corrected chi connectivity index (χ0v) is 15.2. The van der Waals surface area contributed by atoms with E-state index in [1.807, 2.05) is 31.3 Å². The smallest absolute Gasteiger partial charge is 0.193 e. The van der Waals surface area contributed by atoms with Gasteiger partial charge in [0, 0.05) is 25.7 Å². The first-order valence-corrected chi connectivity index (χ1v) is 8.62. The first-order chi connectivity index (χ1) is 11.7. The zero-order valence-electron chi connectivity index (χ0n) is 14.4. The standard InChI is InChI=1S/C18H26ClN3O2/c1-20-18(21-10-7-15-8-12-23-13-9-15)22(2)11-14-24-17-5-3-16(19)4-6-17/h3-6,8H,7,9-14H2,1-2H3,(H,20,21). The zero-order chi connectivity index (χ0) is 17.2. The lowest BCUT2D eigenvalue weighted by atomic mass is 10.1. The van der Waals surface area contributed by atoms with Crippen LogP contribution in [0.3, 0.4) is 0 Å². The molecule has 1 aromatic rings. The van der Waals surface area contributed by atoms with Crippen molar-refractivity contribution in [2.24, 2.45) is 4.99 Å². The highest BCUT2D eigenvalue weighted by Crippen LogP contribution is 2.15. The maximum absolute atomic E-state index is 5.86. The number of ether oxygens (including phenoxy) is 2. The van der Waals surface area contributed by atoms with Crippen molar-refractivity contribution in [2.45, 2.75) is 12.8 Å². The SMILES string of the molecule is CN=C(NCCC1=CCOCC1)N(C)CCOc1ccc(Cl)cc1. The number of hydrogen-bond acceptors (Lipinski definition) is 3. The minimum Gasteiger partial charge on any atom is -0.492 e. The molecule has 132 valence electrons. The van der Waals surface area contributed by atoms with Gasteiger partial charge in [-0.15, -0.1) is 0 Å². The number of rotatable bonds is 7. The first-order valence-electron chi connectivity index (χ1n) is 8.25. The summed E-state index contributed by atoms with van der Waals surface area (Å²) in [6, 6.07) is 7.40. The van der Waals surface area contributed by atoms with Gasteiger partial charge in [0.25, 0.3) is 0 Å². The van der Waals surface area contributed by atoms with Gasteiger partial charge in [-0.2, -0.15) is 0 Å². The molecule has 0 aliphatic carbocycles. The lowest BCUT2D eigenvalue weighted by Crippen LogP contribution is -2.41. The molecule has 1 aromatic carbocycles. The Kier molecular flexibility index (Phi) is 7.92. The van der Waals surface area contributed by atoms with Gasteiger partial charge in [0.05, 0.1) is 19.8 Å². The Balaban J connectivity index is 1.67. The number of likely N-dealkylation sites (N-methyl/N-ethyl adjacent to an activating group) is 1. The molecule has 1 aliphatic heterocycles. The van der Waals surface area contributed by atoms with Crippen molar-refractivity contribution in [3.8, 4) is 5.75 Å². The lowest BCUT2D eigenvalue weighted by Gasteiger charge is -2.22. The van der Waals surface area contributed by atoms with Crippen molar-refractivity contribution >= 4 is 17.6 Å². The Morgan fingerprint density at radius 3 is 2.83 bits per heavy atom. The molecule has 0 spiro atoms. The van der Waals surface area contributed by atoms with E-state index in [2.05, 4.69) is 21.3 Å². The third-order valence-corrected chi connectivity index (χ3v) is 4.12. The molecule has 6 heteroatoms. The maximum Gasteiger partial charge on any atom is 0.193 e. The van der Waals surface area contributed by atoms with Crippen LogP contribution < -0.4 is 10.1 Å². The van der Waals surface area contributed by atoms with Crippen LogP contribution in [-0.2, 0) is 4.74 Å². The van der Waals surface area contributed by atoms with Gasteiger partial charge in [-0.25, -0.2) is 0 Å². The fourth-order valence-corrected chi connectivity index (χ4v) is 2.58. The molecule has 2 rings (SSSR count). The summed E-state index contributed by atoms with van der Waals surface area (Å²) in [5.41, 5.74) is 1.46. The number of halogens is 1. The molecule has 0 radical (unpaired) electrons. The summed E-state index contributed by atoms with van der Waals surface area (Å²) < 4.78 is 11.0. The van der Waals surface area contributed by atoms with Crippen LogP contribution in [0.1, 0.15) is 12.8 Å². The van der Waals surface area contributed by atoms with Crippen LogP contribution in [0.2, 0.25) is 5.02 Å². The summed E-state index contributed by atoms with van der Waals surface area (Å²) in [5.74, 6) is 1.70. The molecule has 1 heterocycles. The van der Waals surface area contributed by atoms with Crippen molar-refractivity contribution in [3.05, 3.63) is 40.9 Å². The van der Waals surface area contributed by atoms with E-state index in [0.717, 1.165) is 50.9 Å². The van der Waals surface area contributed by atoms with Gasteiger partial charge in [-0.3, -0.25) is 4.99 Å². The molecule has 0 aromatic heterocycles. The molecule has 1 aliphatic rings. The van der Waals surface area contributed by atoms with Crippen molar-refractivity contribution in [1.29, 1.82) is 0 Å². The number of nitrogens with one attached hydrogen (secondary N) is 1. The average Bonchev–Trinajstić information content (AvgIpc) is 2.61. The maximum atomic E-state index is 5.86. The van der Waals surface area contributed by atoms with E-state index in [1.54, 1.807) is 7.05 Å². The lowest BCUT2D eigenvalue weighted by molar-refractivity contribution is 0.153. The van der Waals surface area contributed by atoms with E-state index in [4.69, 9.17) is 21.1 Å². The molecule has 1 N–H and O–H groups in total. The van der Waals surface area contributed by atoms with Gasteiger partial charge >= 0.3 is 0 Å². The Morgan fingerprint density at radius 1 is 1.38 bits per heavy atom. The minimum atomic E-state index is 0.585. The molecule has 0 saturated carbocycles. The van der Waals surface area contributed by atoms with Crippen LogP contribution in [0, 0.1) is 0 Å². The fourth-order valence-electron chi connectivity index (χ4n) is 2.45. The average molecular weight is 352 g/mol. The van der Waals surface area contributed by atoms with E-state index < -0.39 is 0 Å². The summed E-state index contributed by atoms with van der Waals surface area (Å²) >= 11 is 5.86. The molecular formula is C18H26ClN3O2. The van der Waals surface area contributed by atoms with Crippen LogP contribution in [0.25, 0.3) is 0 Å². The molecule has 0 fully saturated rings. The van der Waals surface area contributed by atoms with E-state index in [-0.39, 0.29) is 0 Å². The Hall–Kier alpha value is -1.72. The summed E-state index contributed by atoms with van der Waals surface area (Å²) in [6.45, 7) is 3.79. The van der Waals surface area contributed by atoms with E-state index in [1.165, 1.54) is 5.57 Å². The van der Waals surface area contributed by atoms with Crippen LogP contribution >= 0.6 is 11.6 Å². The van der Waals surface area contributed by atoms with Crippen LogP contribution in [0.15, 0.2) is 40.9 Å². The van der Waals surface area contributed by atoms with Gasteiger partial charge in [0.2, 0.25) is 0 Å². The Bertz CT molecular complexity index is 558. The Labute approximate surface area is 149 Å². The topological polar surface area (TPSA) is 46.1 Å². The number of benzene rings is 1. The highest BCUT2D eigenvalue weighted by molar-refractivity contribution is 6.30. The quantitative estimate of drug-likeness (QED) is 0.466. The molecule has 0 unspecified atom stereocenters. The number of hydrogen-bond donors (Lipinski definition) is 1. The van der Waals surface area contributed by atoms with Gasteiger partial charge < -0.3 is 19.7 Å². The highest BCUT2D eigenvalue weighted by atomic mass is 35.5. The van der Waals surface area contributed by atoms with Crippen molar-refractivity contribution < 1.29 is 9.47 Å². The second kappa shape index (κ2) is 10.2. The predicted molar refractivity (Wildman–Crippen MR) is 99.1 cm³/mol. The summed E-state index contributed by atoms with van der Waals surface area (Å²) in [5, 5.41) is 4.11. The normalized spacial score (nSPS) is 15.0. The van der Waals surface area contributed by atoms with Crippen molar-refractivity contribution in [1.82, 2.24) is 10.2 Å². The molecular weight excluding hydrogens is 326 g/mol. The van der Waals surface area contributed by atoms with E-state index >= 15 is 0 Å². The third kappa shape index (κ3) is 6.42. The fraction of sp³-hybridized carbons (Fsp3) is 0.500. The summed E-state index contributed by atoms with van der Waals surface area (Å²) in [4.78, 5) is 6.39. The van der Waals surface area contributed by atoms with E-state index in [0.29, 0.717) is 11.6 Å². The van der Waals surface area contributed by atoms with Crippen LogP contribution in [0.4, 0.5) is 0 Å².